The summed E-state index contributed by atoms with van der Waals surface area (Å²) in [6.07, 6.45) is 55.0. The largest absolute Gasteiger partial charge is 0.480 e. The maximum Gasteiger partial charge on any atom is 0.472 e. The van der Waals surface area contributed by atoms with Gasteiger partial charge in [0.05, 0.1) is 13.2 Å². The second kappa shape index (κ2) is 44.3. The van der Waals surface area contributed by atoms with Crippen molar-refractivity contribution in [3.05, 3.63) is 85.1 Å². The smallest absolute Gasteiger partial charge is 0.472 e. The van der Waals surface area contributed by atoms with Gasteiger partial charge in [-0.25, -0.2) is 9.36 Å². The van der Waals surface area contributed by atoms with Crippen LogP contribution in [0.2, 0.25) is 0 Å². The molecule has 0 aliphatic heterocycles. The average molecular weight is 890 g/mol. The van der Waals surface area contributed by atoms with Crippen molar-refractivity contribution in [2.75, 3.05) is 19.8 Å². The second-order valence-corrected chi connectivity index (χ2v) is 17.0. The molecule has 1 amide bonds. The fourth-order valence-electron chi connectivity index (χ4n) is 6.10. The van der Waals surface area contributed by atoms with E-state index in [0.717, 1.165) is 57.8 Å². The number of carboxylic acids is 1. The highest BCUT2D eigenvalue weighted by Crippen LogP contribution is 2.43. The summed E-state index contributed by atoms with van der Waals surface area (Å²) in [5.74, 6) is -2.55. The van der Waals surface area contributed by atoms with Crippen molar-refractivity contribution in [1.82, 2.24) is 5.32 Å². The Morgan fingerprint density at radius 1 is 0.532 bits per heavy atom. The number of hydrogen-bond acceptors (Lipinski definition) is 8. The first-order valence-electron chi connectivity index (χ1n) is 23.6. The fraction of sp³-hybridized carbons (Fsp3) is 0.660. The van der Waals surface area contributed by atoms with Crippen LogP contribution in [0.4, 0.5) is 0 Å². The van der Waals surface area contributed by atoms with Crippen LogP contribution in [0.3, 0.4) is 0 Å². The highest BCUT2D eigenvalue weighted by Gasteiger charge is 2.28. The number of nitrogens with one attached hydrogen (secondary N) is 1. The lowest BCUT2D eigenvalue weighted by molar-refractivity contribution is -0.147. The molecule has 0 spiro atoms. The Balaban J connectivity index is 4.01. The van der Waals surface area contributed by atoms with E-state index in [-0.39, 0.29) is 12.8 Å². The molecule has 12 heteroatoms. The van der Waals surface area contributed by atoms with E-state index in [1.54, 1.807) is 12.2 Å². The van der Waals surface area contributed by atoms with Crippen LogP contribution in [0.15, 0.2) is 85.1 Å². The van der Waals surface area contributed by atoms with Crippen LogP contribution in [0.25, 0.3) is 0 Å². The summed E-state index contributed by atoms with van der Waals surface area (Å²) in [5.41, 5.74) is 0. The Morgan fingerprint density at radius 2 is 0.903 bits per heavy atom. The first-order valence-corrected chi connectivity index (χ1v) is 25.1. The fourth-order valence-corrected chi connectivity index (χ4v) is 6.87. The van der Waals surface area contributed by atoms with Gasteiger partial charge >= 0.3 is 19.8 Å². The van der Waals surface area contributed by atoms with E-state index in [0.29, 0.717) is 12.8 Å². The van der Waals surface area contributed by atoms with E-state index in [1.807, 2.05) is 12.2 Å². The Kier molecular flexibility index (Phi) is 41.9. The lowest BCUT2D eigenvalue weighted by Gasteiger charge is -2.18. The number of allylic oxidation sites excluding steroid dienone is 13. The van der Waals surface area contributed by atoms with Gasteiger partial charge in [0.2, 0.25) is 5.91 Å². The summed E-state index contributed by atoms with van der Waals surface area (Å²) < 4.78 is 26.8. The molecule has 0 bridgehead atoms. The number of amides is 1. The van der Waals surface area contributed by atoms with E-state index in [9.17, 15) is 34.1 Å². The molecule has 0 aliphatic carbocycles. The summed E-state index contributed by atoms with van der Waals surface area (Å²) in [5, 5.41) is 21.8. The number of esters is 1. The van der Waals surface area contributed by atoms with Gasteiger partial charge in [0, 0.05) is 12.8 Å². The molecule has 0 aliphatic rings. The van der Waals surface area contributed by atoms with Crippen LogP contribution in [-0.2, 0) is 32.7 Å². The van der Waals surface area contributed by atoms with Crippen molar-refractivity contribution in [2.45, 2.75) is 193 Å². The average Bonchev–Trinajstić information content (AvgIpc) is 3.25. The molecule has 0 aromatic heterocycles. The molecular formula is C50H84NO10P. The molecule has 11 nitrogen and oxygen atoms in total. The number of rotatable bonds is 43. The molecular weight excluding hydrogens is 806 g/mol. The molecule has 0 rings (SSSR count). The highest BCUT2D eigenvalue weighted by molar-refractivity contribution is 7.47. The van der Waals surface area contributed by atoms with Crippen LogP contribution in [0, 0.1) is 0 Å². The van der Waals surface area contributed by atoms with Crippen molar-refractivity contribution in [3.8, 4) is 0 Å². The van der Waals surface area contributed by atoms with Crippen molar-refractivity contribution < 1.29 is 47.8 Å². The number of carbonyl (C=O) groups is 3. The van der Waals surface area contributed by atoms with Gasteiger partial charge in [-0.2, -0.15) is 0 Å². The Hall–Kier alpha value is -3.34. The molecule has 0 heterocycles. The number of carbonyl (C=O) groups excluding carboxylic acids is 2. The summed E-state index contributed by atoms with van der Waals surface area (Å²) >= 11 is 0. The molecule has 0 fully saturated rings. The Bertz CT molecular complexity index is 1370. The van der Waals surface area contributed by atoms with E-state index < -0.39 is 57.6 Å². The number of aliphatic hydroxyl groups is 1. The molecule has 62 heavy (non-hydrogen) atoms. The SMILES string of the molecule is CC/C=C\C/C=C\C/C=C\C/C=C\C/C=C\C/C=C\C/C=C\CC(=O)NC(COP(=O)(O)OCC(O)COC(=O)CCCCCCCCCCCCCCCCCCC)C(=O)O. The minimum atomic E-state index is -4.79. The van der Waals surface area contributed by atoms with Crippen LogP contribution in [0.5, 0.6) is 0 Å². The number of carboxylic acid groups (broad SMARTS) is 1. The second-order valence-electron chi connectivity index (χ2n) is 15.6. The van der Waals surface area contributed by atoms with Crippen LogP contribution in [0.1, 0.15) is 181 Å². The van der Waals surface area contributed by atoms with Crippen LogP contribution < -0.4 is 5.32 Å². The van der Waals surface area contributed by atoms with Crippen molar-refractivity contribution in [3.63, 3.8) is 0 Å². The number of phosphoric acid groups is 1. The molecule has 4 N–H and O–H groups in total. The topological polar surface area (TPSA) is 169 Å². The standard InChI is InChI=1S/C50H84NO10P/c1-3-5-7-9-11-13-15-17-19-21-22-23-24-26-27-29-31-33-35-37-39-41-48(53)51-47(50(55)56)45-61-62(57,58)60-44-46(52)43-59-49(54)42-40-38-36-34-32-30-28-25-20-18-16-14-12-10-8-6-4-2/h5,7,11,13,17,19,22-23,26-27,31,33,37,39,46-47,52H,3-4,6,8-10,12,14-16,18,20-21,24-25,28-30,32,34-36,38,40-45H2,1-2H3,(H,51,53)(H,55,56)(H,57,58)/b7-5-,13-11-,19-17-,23-22-,27-26-,33-31-,39-37-. The predicted molar refractivity (Wildman–Crippen MR) is 254 cm³/mol. The zero-order valence-electron chi connectivity index (χ0n) is 38.4. The molecule has 0 saturated heterocycles. The Morgan fingerprint density at radius 3 is 1.31 bits per heavy atom. The van der Waals surface area contributed by atoms with E-state index in [2.05, 4.69) is 79.9 Å². The molecule has 3 unspecified atom stereocenters. The molecule has 0 saturated carbocycles. The van der Waals surface area contributed by atoms with E-state index in [4.69, 9.17) is 13.8 Å². The predicted octanol–water partition coefficient (Wildman–Crippen LogP) is 12.7. The normalized spacial score (nSPS) is 14.4. The summed E-state index contributed by atoms with van der Waals surface area (Å²) in [4.78, 5) is 45.9. The van der Waals surface area contributed by atoms with Gasteiger partial charge in [-0.15, -0.1) is 0 Å². The lowest BCUT2D eigenvalue weighted by Crippen LogP contribution is -2.43. The number of phosphoric ester groups is 1. The summed E-state index contributed by atoms with van der Waals surface area (Å²) in [6.45, 7) is 2.42. The zero-order chi connectivity index (χ0) is 45.6. The zero-order valence-corrected chi connectivity index (χ0v) is 39.3. The highest BCUT2D eigenvalue weighted by atomic mass is 31.2. The monoisotopic (exact) mass is 890 g/mol. The van der Waals surface area contributed by atoms with E-state index >= 15 is 0 Å². The van der Waals surface area contributed by atoms with Gasteiger partial charge in [0.1, 0.15) is 12.7 Å². The molecule has 0 aromatic carbocycles. The maximum absolute atomic E-state index is 12.3. The van der Waals surface area contributed by atoms with E-state index in [1.165, 1.54) is 83.5 Å². The van der Waals surface area contributed by atoms with Crippen LogP contribution >= 0.6 is 7.82 Å². The van der Waals surface area contributed by atoms with Crippen molar-refractivity contribution in [2.24, 2.45) is 0 Å². The molecule has 0 aromatic rings. The first-order chi connectivity index (χ1) is 30.1. The van der Waals surface area contributed by atoms with Gasteiger partial charge in [0.25, 0.3) is 0 Å². The van der Waals surface area contributed by atoms with Crippen LogP contribution in [-0.4, -0.2) is 64.9 Å². The minimum absolute atomic E-state index is 0.0932. The van der Waals surface area contributed by atoms with Gasteiger partial charge in [-0.1, -0.05) is 202 Å². The first kappa shape index (κ1) is 58.7. The number of ether oxygens (including phenoxy) is 1. The molecule has 354 valence electrons. The lowest BCUT2D eigenvalue weighted by atomic mass is 10.0. The number of unbranched alkanes of at least 4 members (excludes halogenated alkanes) is 16. The molecule has 3 atom stereocenters. The number of hydrogen-bond donors (Lipinski definition) is 4. The third-order valence-electron chi connectivity index (χ3n) is 9.73. The number of aliphatic hydroxyl groups excluding tert-OH is 1. The maximum atomic E-state index is 12.3. The van der Waals surface area contributed by atoms with Gasteiger partial charge in [-0.3, -0.25) is 18.6 Å². The van der Waals surface area contributed by atoms with Gasteiger partial charge in [0.15, 0.2) is 6.04 Å². The minimum Gasteiger partial charge on any atom is -0.480 e. The van der Waals surface area contributed by atoms with Gasteiger partial charge in [-0.05, 0) is 51.4 Å². The van der Waals surface area contributed by atoms with Gasteiger partial charge < -0.3 is 25.2 Å². The number of aliphatic carboxylic acids is 1. The van der Waals surface area contributed by atoms with Crippen molar-refractivity contribution in [1.29, 1.82) is 0 Å². The third kappa shape index (κ3) is 43.3. The molecule has 0 radical (unpaired) electrons. The third-order valence-corrected chi connectivity index (χ3v) is 10.7. The summed E-state index contributed by atoms with van der Waals surface area (Å²) in [7, 11) is -4.79. The Labute approximate surface area is 375 Å². The quantitative estimate of drug-likeness (QED) is 0.0200. The summed E-state index contributed by atoms with van der Waals surface area (Å²) in [6, 6.07) is -1.61. The van der Waals surface area contributed by atoms with Crippen molar-refractivity contribution >= 4 is 25.7 Å².